The van der Waals surface area contributed by atoms with Gasteiger partial charge in [-0.2, -0.15) is 0 Å². The smallest absolute Gasteiger partial charge is 0.254 e. The number of nitrogens with one attached hydrogen (secondary N) is 3. The lowest BCUT2D eigenvalue weighted by atomic mass is 10.1. The van der Waals surface area contributed by atoms with Gasteiger partial charge >= 0.3 is 0 Å². The number of rotatable bonds is 6. The van der Waals surface area contributed by atoms with E-state index in [0.717, 1.165) is 0 Å². The first kappa shape index (κ1) is 16.9. The van der Waals surface area contributed by atoms with E-state index in [-0.39, 0.29) is 17.2 Å². The van der Waals surface area contributed by atoms with Crippen molar-refractivity contribution >= 4 is 17.5 Å². The van der Waals surface area contributed by atoms with Crippen molar-refractivity contribution in [1.82, 2.24) is 10.6 Å². The van der Waals surface area contributed by atoms with E-state index in [1.54, 1.807) is 6.92 Å². The van der Waals surface area contributed by atoms with E-state index in [1.807, 2.05) is 13.8 Å². The molecule has 3 N–H and O–H groups in total. The number of halogens is 1. The molecule has 1 aromatic rings. The van der Waals surface area contributed by atoms with Crippen molar-refractivity contribution in [3.8, 4) is 0 Å². The van der Waals surface area contributed by atoms with Crippen molar-refractivity contribution < 1.29 is 14.0 Å². The van der Waals surface area contributed by atoms with Crippen LogP contribution in [0, 0.1) is 11.7 Å². The number of para-hydroxylation sites is 1. The van der Waals surface area contributed by atoms with Gasteiger partial charge in [-0.25, -0.2) is 4.39 Å². The Balaban J connectivity index is 2.73. The average Bonchev–Trinajstić information content (AvgIpc) is 2.44. The second kappa shape index (κ2) is 7.61. The highest BCUT2D eigenvalue weighted by Crippen LogP contribution is 2.19. The van der Waals surface area contributed by atoms with Crippen LogP contribution in [0.1, 0.15) is 31.1 Å². The van der Waals surface area contributed by atoms with Crippen LogP contribution in [0.15, 0.2) is 18.2 Å². The molecule has 0 spiro atoms. The van der Waals surface area contributed by atoms with E-state index in [4.69, 9.17) is 0 Å². The van der Waals surface area contributed by atoms with Gasteiger partial charge in [-0.15, -0.1) is 0 Å². The maximum absolute atomic E-state index is 13.6. The SMILES string of the molecule is CNc1c(F)cccc1C(=O)NC(C)C(=O)NCC(C)C. The van der Waals surface area contributed by atoms with Crippen LogP contribution >= 0.6 is 0 Å². The summed E-state index contributed by atoms with van der Waals surface area (Å²) in [6.07, 6.45) is 0. The maximum atomic E-state index is 13.6. The van der Waals surface area contributed by atoms with Gasteiger partial charge in [0.25, 0.3) is 5.91 Å². The molecule has 2 amide bonds. The summed E-state index contributed by atoms with van der Waals surface area (Å²) < 4.78 is 13.6. The van der Waals surface area contributed by atoms with E-state index in [9.17, 15) is 14.0 Å². The summed E-state index contributed by atoms with van der Waals surface area (Å²) in [7, 11) is 1.54. The van der Waals surface area contributed by atoms with Crippen LogP contribution in [-0.4, -0.2) is 31.4 Å². The molecule has 21 heavy (non-hydrogen) atoms. The van der Waals surface area contributed by atoms with Crippen molar-refractivity contribution in [3.63, 3.8) is 0 Å². The van der Waals surface area contributed by atoms with Crippen molar-refractivity contribution in [1.29, 1.82) is 0 Å². The van der Waals surface area contributed by atoms with Crippen molar-refractivity contribution in [2.24, 2.45) is 5.92 Å². The Morgan fingerprint density at radius 2 is 1.90 bits per heavy atom. The number of carbonyl (C=O) groups is 2. The maximum Gasteiger partial charge on any atom is 0.254 e. The summed E-state index contributed by atoms with van der Waals surface area (Å²) in [4.78, 5) is 24.0. The molecule has 0 aromatic heterocycles. The second-order valence-corrected chi connectivity index (χ2v) is 5.25. The third kappa shape index (κ3) is 4.73. The molecule has 0 heterocycles. The van der Waals surface area contributed by atoms with Gasteiger partial charge < -0.3 is 16.0 Å². The minimum atomic E-state index is -0.691. The van der Waals surface area contributed by atoms with Gasteiger partial charge in [0.1, 0.15) is 11.9 Å². The normalized spacial score (nSPS) is 11.9. The van der Waals surface area contributed by atoms with Crippen LogP contribution < -0.4 is 16.0 Å². The zero-order chi connectivity index (χ0) is 16.0. The molecule has 0 saturated carbocycles. The Kier molecular flexibility index (Phi) is 6.14. The zero-order valence-corrected chi connectivity index (χ0v) is 12.8. The molecule has 0 bridgehead atoms. The van der Waals surface area contributed by atoms with E-state index in [1.165, 1.54) is 25.2 Å². The molecule has 6 heteroatoms. The predicted molar refractivity (Wildman–Crippen MR) is 80.7 cm³/mol. The van der Waals surface area contributed by atoms with Crippen molar-refractivity contribution in [2.45, 2.75) is 26.8 Å². The van der Waals surface area contributed by atoms with Gasteiger partial charge in [0.05, 0.1) is 11.3 Å². The number of hydrogen-bond donors (Lipinski definition) is 3. The van der Waals surface area contributed by atoms with E-state index in [0.29, 0.717) is 12.5 Å². The Morgan fingerprint density at radius 3 is 2.48 bits per heavy atom. The first-order valence-corrected chi connectivity index (χ1v) is 6.91. The van der Waals surface area contributed by atoms with Gasteiger partial charge in [0.2, 0.25) is 5.91 Å². The second-order valence-electron chi connectivity index (χ2n) is 5.25. The molecule has 1 rings (SSSR count). The van der Waals surface area contributed by atoms with E-state index < -0.39 is 17.8 Å². The third-order valence-electron chi connectivity index (χ3n) is 2.93. The highest BCUT2D eigenvalue weighted by Gasteiger charge is 2.19. The van der Waals surface area contributed by atoms with Crippen molar-refractivity contribution in [2.75, 3.05) is 18.9 Å². The number of hydrogen-bond acceptors (Lipinski definition) is 3. The van der Waals surface area contributed by atoms with E-state index >= 15 is 0 Å². The lowest BCUT2D eigenvalue weighted by Crippen LogP contribution is -2.45. The van der Waals surface area contributed by atoms with Gasteiger partial charge in [-0.05, 0) is 25.0 Å². The lowest BCUT2D eigenvalue weighted by Gasteiger charge is -2.16. The van der Waals surface area contributed by atoms with Gasteiger partial charge in [0, 0.05) is 13.6 Å². The van der Waals surface area contributed by atoms with Gasteiger partial charge in [0.15, 0.2) is 0 Å². The molecular formula is C15H22FN3O2. The topological polar surface area (TPSA) is 70.2 Å². The standard InChI is InChI=1S/C15H22FN3O2/c1-9(2)8-18-14(20)10(3)19-15(21)11-6-5-7-12(16)13(11)17-4/h5-7,9-10,17H,8H2,1-4H3,(H,18,20)(H,19,21). The molecular weight excluding hydrogens is 273 g/mol. The van der Waals surface area contributed by atoms with Crippen LogP contribution in [0.4, 0.5) is 10.1 Å². The fourth-order valence-corrected chi connectivity index (χ4v) is 1.77. The molecule has 1 aromatic carbocycles. The van der Waals surface area contributed by atoms with Gasteiger partial charge in [-0.1, -0.05) is 19.9 Å². The Bertz CT molecular complexity index is 518. The molecule has 116 valence electrons. The molecule has 0 aliphatic heterocycles. The lowest BCUT2D eigenvalue weighted by molar-refractivity contribution is -0.122. The summed E-state index contributed by atoms with van der Waals surface area (Å²) in [6, 6.07) is 3.53. The van der Waals surface area contributed by atoms with E-state index in [2.05, 4.69) is 16.0 Å². The molecule has 0 radical (unpaired) electrons. The van der Waals surface area contributed by atoms with Gasteiger partial charge in [-0.3, -0.25) is 9.59 Å². The molecule has 0 saturated heterocycles. The summed E-state index contributed by atoms with van der Waals surface area (Å²) in [5.41, 5.74) is 0.283. The Hall–Kier alpha value is -2.11. The van der Waals surface area contributed by atoms with Crippen LogP contribution in [0.5, 0.6) is 0 Å². The first-order valence-electron chi connectivity index (χ1n) is 6.91. The summed E-state index contributed by atoms with van der Waals surface area (Å²) in [6.45, 7) is 6.09. The van der Waals surface area contributed by atoms with Crippen LogP contribution in [0.3, 0.4) is 0 Å². The molecule has 1 unspecified atom stereocenters. The largest absolute Gasteiger partial charge is 0.385 e. The third-order valence-corrected chi connectivity index (χ3v) is 2.93. The fourth-order valence-electron chi connectivity index (χ4n) is 1.77. The number of carbonyl (C=O) groups excluding carboxylic acids is 2. The Morgan fingerprint density at radius 1 is 1.24 bits per heavy atom. The number of benzene rings is 1. The summed E-state index contributed by atoms with van der Waals surface area (Å²) in [5.74, 6) is -0.941. The fraction of sp³-hybridized carbons (Fsp3) is 0.467. The molecule has 1 atom stereocenters. The zero-order valence-electron chi connectivity index (χ0n) is 12.8. The summed E-state index contributed by atoms with van der Waals surface area (Å²) in [5, 5.41) is 7.95. The molecule has 5 nitrogen and oxygen atoms in total. The quantitative estimate of drug-likeness (QED) is 0.749. The molecule has 0 fully saturated rings. The monoisotopic (exact) mass is 295 g/mol. The first-order chi connectivity index (χ1) is 9.86. The van der Waals surface area contributed by atoms with Crippen LogP contribution in [0.25, 0.3) is 0 Å². The van der Waals surface area contributed by atoms with Crippen molar-refractivity contribution in [3.05, 3.63) is 29.6 Å². The minimum absolute atomic E-state index is 0.116. The van der Waals surface area contributed by atoms with Crippen LogP contribution in [-0.2, 0) is 4.79 Å². The highest BCUT2D eigenvalue weighted by atomic mass is 19.1. The predicted octanol–water partition coefficient (Wildman–Crippen LogP) is 1.76. The number of anilines is 1. The average molecular weight is 295 g/mol. The minimum Gasteiger partial charge on any atom is -0.385 e. The Labute approximate surface area is 124 Å². The molecule has 0 aliphatic carbocycles. The van der Waals surface area contributed by atoms with Crippen LogP contribution in [0.2, 0.25) is 0 Å². The molecule has 0 aliphatic rings. The summed E-state index contributed by atoms with van der Waals surface area (Å²) >= 11 is 0. The number of amides is 2. The highest BCUT2D eigenvalue weighted by molar-refractivity contribution is 6.01.